The number of halogens is 2. The Morgan fingerprint density at radius 3 is 2.93 bits per heavy atom. The molecule has 1 aromatic rings. The number of nitrogens with one attached hydrogen (secondary N) is 1. The van der Waals surface area contributed by atoms with E-state index >= 15 is 0 Å². The van der Waals surface area contributed by atoms with Gasteiger partial charge in [-0.25, -0.2) is 0 Å². The van der Waals surface area contributed by atoms with E-state index in [-0.39, 0.29) is 5.91 Å². The lowest BCUT2D eigenvalue weighted by atomic mass is 10.3. The van der Waals surface area contributed by atoms with Gasteiger partial charge in [0.1, 0.15) is 4.88 Å². The molecule has 1 aromatic heterocycles. The smallest absolute Gasteiger partial charge is 0.262 e. The molecule has 0 spiro atoms. The Balaban J connectivity index is 2.40. The fourth-order valence-corrected chi connectivity index (χ4v) is 2.62. The molecule has 14 heavy (non-hydrogen) atoms. The molecular weight excluding hydrogens is 330 g/mol. The lowest BCUT2D eigenvalue weighted by molar-refractivity contribution is 0.0957. The van der Waals surface area contributed by atoms with Gasteiger partial charge in [0.05, 0.1) is 0 Å². The Hall–Kier alpha value is 0.130. The molecule has 1 unspecified atom stereocenters. The van der Waals surface area contributed by atoms with Crippen molar-refractivity contribution in [1.82, 2.24) is 5.32 Å². The molecule has 0 bridgehead atoms. The largest absolute Gasteiger partial charge is 0.351 e. The maximum Gasteiger partial charge on any atom is 0.262 e. The molecule has 0 fully saturated rings. The molecule has 0 saturated carbocycles. The molecule has 1 heterocycles. The Bertz CT molecular complexity index is 312. The zero-order valence-electron chi connectivity index (χ0n) is 7.72. The monoisotopic (exact) mass is 339 g/mol. The number of hydrogen-bond donors (Lipinski definition) is 1. The maximum atomic E-state index is 11.6. The van der Waals surface area contributed by atoms with Gasteiger partial charge in [-0.15, -0.1) is 11.3 Å². The summed E-state index contributed by atoms with van der Waals surface area (Å²) in [5, 5.41) is 4.76. The van der Waals surface area contributed by atoms with Crippen LogP contribution in [-0.4, -0.2) is 17.3 Å². The number of hydrogen-bond acceptors (Lipinski definition) is 2. The molecule has 0 saturated heterocycles. The second kappa shape index (κ2) is 5.88. The average Bonchev–Trinajstić information content (AvgIpc) is 2.50. The van der Waals surface area contributed by atoms with Crippen LogP contribution < -0.4 is 5.32 Å². The molecule has 5 heteroatoms. The lowest BCUT2D eigenvalue weighted by Gasteiger charge is -2.05. The van der Waals surface area contributed by atoms with Crippen LogP contribution in [0, 0.1) is 0 Å². The zero-order valence-corrected chi connectivity index (χ0v) is 11.7. The predicted molar refractivity (Wildman–Crippen MR) is 67.4 cm³/mol. The van der Waals surface area contributed by atoms with Crippen LogP contribution in [0.4, 0.5) is 0 Å². The Morgan fingerprint density at radius 1 is 1.71 bits per heavy atom. The summed E-state index contributed by atoms with van der Waals surface area (Å²) in [6, 6.07) is 1.88. The predicted octanol–water partition coefficient (Wildman–Crippen LogP) is 3.41. The molecule has 1 atom stereocenters. The molecule has 0 aliphatic heterocycles. The first-order chi connectivity index (χ1) is 6.61. The fraction of sp³-hybridized carbons (Fsp3) is 0.444. The van der Waals surface area contributed by atoms with Crippen LogP contribution in [0.1, 0.15) is 23.0 Å². The molecule has 0 aliphatic rings. The zero-order chi connectivity index (χ0) is 10.6. The first-order valence-corrected chi connectivity index (χ1v) is 6.85. The maximum absolute atomic E-state index is 11.6. The van der Waals surface area contributed by atoms with Crippen molar-refractivity contribution >= 4 is 49.1 Å². The highest BCUT2D eigenvalue weighted by Crippen LogP contribution is 2.22. The molecule has 1 rings (SSSR count). The molecule has 78 valence electrons. The van der Waals surface area contributed by atoms with Crippen molar-refractivity contribution in [3.8, 4) is 0 Å². The summed E-state index contributed by atoms with van der Waals surface area (Å²) < 4.78 is 0.867. The van der Waals surface area contributed by atoms with Crippen LogP contribution in [-0.2, 0) is 0 Å². The van der Waals surface area contributed by atoms with Gasteiger partial charge >= 0.3 is 0 Å². The van der Waals surface area contributed by atoms with Gasteiger partial charge < -0.3 is 5.32 Å². The van der Waals surface area contributed by atoms with Crippen LogP contribution in [0.3, 0.4) is 0 Å². The minimum Gasteiger partial charge on any atom is -0.351 e. The van der Waals surface area contributed by atoms with Crippen molar-refractivity contribution in [2.75, 3.05) is 6.54 Å². The van der Waals surface area contributed by atoms with Gasteiger partial charge in [-0.05, 0) is 33.8 Å². The van der Waals surface area contributed by atoms with Gasteiger partial charge in [-0.2, -0.15) is 0 Å². The van der Waals surface area contributed by atoms with Crippen LogP contribution in [0.15, 0.2) is 15.9 Å². The Labute approximate surface area is 104 Å². The first-order valence-electron chi connectivity index (χ1n) is 4.26. The summed E-state index contributed by atoms with van der Waals surface area (Å²) in [6.45, 7) is 2.77. The molecule has 2 nitrogen and oxygen atoms in total. The van der Waals surface area contributed by atoms with E-state index < -0.39 is 0 Å². The van der Waals surface area contributed by atoms with E-state index in [0.717, 1.165) is 15.8 Å². The number of carbonyl (C=O) groups is 1. The van der Waals surface area contributed by atoms with E-state index in [9.17, 15) is 4.79 Å². The second-order valence-electron chi connectivity index (χ2n) is 2.92. The van der Waals surface area contributed by atoms with Gasteiger partial charge in [0.15, 0.2) is 0 Å². The summed E-state index contributed by atoms with van der Waals surface area (Å²) in [5.74, 6) is 0.0000231. The van der Waals surface area contributed by atoms with Crippen molar-refractivity contribution in [2.45, 2.75) is 18.2 Å². The lowest BCUT2D eigenvalue weighted by Crippen LogP contribution is -2.25. The summed E-state index contributed by atoms with van der Waals surface area (Å²) in [7, 11) is 0. The molecule has 0 aromatic carbocycles. The van der Waals surface area contributed by atoms with Gasteiger partial charge in [0.2, 0.25) is 0 Å². The normalized spacial score (nSPS) is 12.5. The number of carbonyl (C=O) groups excluding carboxylic acids is 1. The number of rotatable bonds is 4. The van der Waals surface area contributed by atoms with Gasteiger partial charge in [-0.3, -0.25) is 4.79 Å². The molecule has 1 N–H and O–H groups in total. The van der Waals surface area contributed by atoms with Crippen molar-refractivity contribution in [3.05, 3.63) is 20.8 Å². The van der Waals surface area contributed by atoms with Crippen molar-refractivity contribution in [3.63, 3.8) is 0 Å². The first kappa shape index (κ1) is 12.2. The number of amides is 1. The van der Waals surface area contributed by atoms with Crippen molar-refractivity contribution in [1.29, 1.82) is 0 Å². The van der Waals surface area contributed by atoms with Crippen LogP contribution in [0.25, 0.3) is 0 Å². The van der Waals surface area contributed by atoms with Gasteiger partial charge in [0.25, 0.3) is 5.91 Å². The van der Waals surface area contributed by atoms with Crippen LogP contribution >= 0.6 is 43.2 Å². The second-order valence-corrected chi connectivity index (χ2v) is 6.26. The van der Waals surface area contributed by atoms with E-state index in [1.165, 1.54) is 11.3 Å². The van der Waals surface area contributed by atoms with E-state index in [1.807, 2.05) is 11.4 Å². The Kier molecular flexibility index (Phi) is 5.12. The van der Waals surface area contributed by atoms with E-state index in [1.54, 1.807) is 0 Å². The standard InChI is InChI=1S/C9H11Br2NOS/c1-6(10)2-4-12-9(13)8-7(11)3-5-14-8/h3,5-6H,2,4H2,1H3,(H,12,13). The minimum atomic E-state index is 0.0000231. The summed E-state index contributed by atoms with van der Waals surface area (Å²) in [6.07, 6.45) is 0.939. The third-order valence-electron chi connectivity index (χ3n) is 1.65. The molecule has 1 amide bonds. The van der Waals surface area contributed by atoms with Gasteiger partial charge in [0, 0.05) is 15.8 Å². The topological polar surface area (TPSA) is 29.1 Å². The minimum absolute atomic E-state index is 0.0000231. The summed E-state index contributed by atoms with van der Waals surface area (Å²) in [4.78, 5) is 12.7. The van der Waals surface area contributed by atoms with Crippen LogP contribution in [0.5, 0.6) is 0 Å². The number of thiophene rings is 1. The summed E-state index contributed by atoms with van der Waals surface area (Å²) in [5.41, 5.74) is 0. The molecular formula is C9H11Br2NOS. The average molecular weight is 341 g/mol. The molecule has 0 radical (unpaired) electrons. The van der Waals surface area contributed by atoms with E-state index in [0.29, 0.717) is 11.4 Å². The van der Waals surface area contributed by atoms with E-state index in [2.05, 4.69) is 44.1 Å². The SMILES string of the molecule is CC(Br)CCNC(=O)c1sccc1Br. The highest BCUT2D eigenvalue weighted by Gasteiger charge is 2.10. The fourth-order valence-electron chi connectivity index (χ4n) is 0.921. The molecule has 0 aliphatic carbocycles. The van der Waals surface area contributed by atoms with Crippen molar-refractivity contribution < 1.29 is 4.79 Å². The quantitative estimate of drug-likeness (QED) is 0.836. The van der Waals surface area contributed by atoms with E-state index in [4.69, 9.17) is 0 Å². The van der Waals surface area contributed by atoms with Crippen LogP contribution in [0.2, 0.25) is 0 Å². The third-order valence-corrected chi connectivity index (χ3v) is 3.95. The highest BCUT2D eigenvalue weighted by atomic mass is 79.9. The number of alkyl halides is 1. The summed E-state index contributed by atoms with van der Waals surface area (Å²) >= 11 is 8.20. The third kappa shape index (κ3) is 3.71. The van der Waals surface area contributed by atoms with Crippen molar-refractivity contribution in [2.24, 2.45) is 0 Å². The highest BCUT2D eigenvalue weighted by molar-refractivity contribution is 9.10. The Morgan fingerprint density at radius 2 is 2.43 bits per heavy atom. The van der Waals surface area contributed by atoms with Gasteiger partial charge in [-0.1, -0.05) is 22.9 Å².